The highest BCUT2D eigenvalue weighted by Crippen LogP contribution is 2.32. The summed E-state index contributed by atoms with van der Waals surface area (Å²) in [5, 5.41) is 5.28. The van der Waals surface area contributed by atoms with Crippen LogP contribution in [-0.4, -0.2) is 36.1 Å². The van der Waals surface area contributed by atoms with Crippen molar-refractivity contribution in [2.24, 2.45) is 5.10 Å². The molecular weight excluding hydrogens is 412 g/mol. The van der Waals surface area contributed by atoms with Crippen molar-refractivity contribution in [3.05, 3.63) is 64.2 Å². The maximum Gasteiger partial charge on any atom is 0.282 e. The van der Waals surface area contributed by atoms with Crippen molar-refractivity contribution < 1.29 is 4.74 Å². The molecule has 1 aliphatic carbocycles. The molecule has 1 fully saturated rings. The van der Waals surface area contributed by atoms with Gasteiger partial charge in [0.1, 0.15) is 11.6 Å². The van der Waals surface area contributed by atoms with Crippen molar-refractivity contribution in [2.45, 2.75) is 64.4 Å². The molecule has 2 aromatic carbocycles. The van der Waals surface area contributed by atoms with Crippen molar-refractivity contribution in [1.29, 1.82) is 0 Å². The number of ether oxygens (including phenoxy) is 1. The van der Waals surface area contributed by atoms with Gasteiger partial charge in [0.05, 0.1) is 23.2 Å². The molecule has 0 radical (unpaired) electrons. The van der Waals surface area contributed by atoms with Crippen molar-refractivity contribution in [2.75, 3.05) is 19.0 Å². The van der Waals surface area contributed by atoms with Crippen LogP contribution in [0.4, 0.5) is 5.69 Å². The summed E-state index contributed by atoms with van der Waals surface area (Å²) in [6.07, 6.45) is 8.38. The molecule has 1 aliphatic rings. The van der Waals surface area contributed by atoms with E-state index in [0.717, 1.165) is 60.4 Å². The molecule has 3 aromatic rings. The molecule has 0 aliphatic heterocycles. The normalized spacial score (nSPS) is 15.8. The Kier molecular flexibility index (Phi) is 7.11. The predicted octanol–water partition coefficient (Wildman–Crippen LogP) is 5.57. The van der Waals surface area contributed by atoms with E-state index < -0.39 is 0 Å². The Labute approximate surface area is 195 Å². The largest absolute Gasteiger partial charge is 0.490 e. The van der Waals surface area contributed by atoms with Gasteiger partial charge in [0, 0.05) is 37.3 Å². The molecular formula is C27H34N4O2. The molecule has 33 heavy (non-hydrogen) atoms. The number of hydrogen-bond acceptors (Lipinski definition) is 5. The fraction of sp³-hybridized carbons (Fsp3) is 0.444. The molecule has 1 aromatic heterocycles. The molecule has 1 atom stereocenters. The van der Waals surface area contributed by atoms with Crippen LogP contribution in [0.2, 0.25) is 0 Å². The number of para-hydroxylation sites is 1. The second kappa shape index (κ2) is 10.2. The van der Waals surface area contributed by atoms with Crippen LogP contribution in [0.15, 0.2) is 52.4 Å². The highest BCUT2D eigenvalue weighted by atomic mass is 16.5. The number of rotatable bonds is 7. The second-order valence-corrected chi connectivity index (χ2v) is 9.14. The van der Waals surface area contributed by atoms with Crippen LogP contribution in [0, 0.1) is 0 Å². The van der Waals surface area contributed by atoms with E-state index in [9.17, 15) is 4.79 Å². The van der Waals surface area contributed by atoms with Gasteiger partial charge in [0.15, 0.2) is 0 Å². The lowest BCUT2D eigenvalue weighted by Gasteiger charge is -2.23. The average Bonchev–Trinajstić information content (AvgIpc) is 2.84. The third kappa shape index (κ3) is 5.10. The number of nitrogens with zero attached hydrogens (tertiary/aromatic N) is 4. The average molecular weight is 447 g/mol. The Balaban J connectivity index is 1.80. The quantitative estimate of drug-likeness (QED) is 0.445. The van der Waals surface area contributed by atoms with E-state index in [4.69, 9.17) is 14.8 Å². The zero-order valence-electron chi connectivity index (χ0n) is 20.1. The van der Waals surface area contributed by atoms with Crippen LogP contribution in [0.5, 0.6) is 5.75 Å². The lowest BCUT2D eigenvalue weighted by molar-refractivity contribution is 0.217. The first kappa shape index (κ1) is 23.0. The maximum atomic E-state index is 13.4. The van der Waals surface area contributed by atoms with E-state index in [-0.39, 0.29) is 17.6 Å². The molecule has 6 heteroatoms. The molecule has 1 saturated carbocycles. The van der Waals surface area contributed by atoms with Crippen LogP contribution in [0.25, 0.3) is 10.9 Å². The van der Waals surface area contributed by atoms with Gasteiger partial charge < -0.3 is 9.64 Å². The van der Waals surface area contributed by atoms with E-state index in [1.165, 1.54) is 11.1 Å². The number of hydrogen-bond donors (Lipinski definition) is 0. The van der Waals surface area contributed by atoms with Crippen LogP contribution < -0.4 is 15.2 Å². The van der Waals surface area contributed by atoms with Crippen molar-refractivity contribution >= 4 is 22.8 Å². The van der Waals surface area contributed by atoms with Gasteiger partial charge in [-0.15, -0.1) is 0 Å². The Hall–Kier alpha value is -3.15. The first-order valence-electron chi connectivity index (χ1n) is 12.0. The first-order valence-corrected chi connectivity index (χ1v) is 12.0. The van der Waals surface area contributed by atoms with E-state index in [0.29, 0.717) is 5.39 Å². The molecule has 0 saturated heterocycles. The summed E-state index contributed by atoms with van der Waals surface area (Å²) in [6, 6.07) is 13.6. The fourth-order valence-electron chi connectivity index (χ4n) is 4.31. The van der Waals surface area contributed by atoms with Gasteiger partial charge in [-0.25, -0.2) is 4.98 Å². The summed E-state index contributed by atoms with van der Waals surface area (Å²) >= 11 is 0. The van der Waals surface area contributed by atoms with E-state index in [1.54, 1.807) is 6.21 Å². The molecule has 1 heterocycles. The molecule has 0 N–H and O–H groups in total. The third-order valence-corrected chi connectivity index (χ3v) is 6.48. The standard InChI is InChI=1S/C27H34N4O2/c1-5-19(2)33-25-17-22(30(3)4)16-15-21(25)18-28-31-26(20-11-7-6-8-12-20)29-24-14-10-9-13-23(24)27(31)32/h9-10,13-20H,5-8,11-12H2,1-4H3/t19-/m1/s1. The highest BCUT2D eigenvalue weighted by Gasteiger charge is 2.22. The Morgan fingerprint density at radius 1 is 1.18 bits per heavy atom. The van der Waals surface area contributed by atoms with E-state index in [2.05, 4.69) is 13.8 Å². The van der Waals surface area contributed by atoms with Crippen LogP contribution in [0.3, 0.4) is 0 Å². The smallest absolute Gasteiger partial charge is 0.282 e. The van der Waals surface area contributed by atoms with Gasteiger partial charge >= 0.3 is 0 Å². The number of anilines is 1. The molecule has 0 spiro atoms. The number of aromatic nitrogens is 2. The molecule has 4 rings (SSSR count). The van der Waals surface area contributed by atoms with Crippen molar-refractivity contribution in [3.63, 3.8) is 0 Å². The lowest BCUT2D eigenvalue weighted by atomic mass is 9.88. The molecule has 6 nitrogen and oxygen atoms in total. The summed E-state index contributed by atoms with van der Waals surface area (Å²) < 4.78 is 7.72. The fourth-order valence-corrected chi connectivity index (χ4v) is 4.31. The van der Waals surface area contributed by atoms with Crippen molar-refractivity contribution in [3.8, 4) is 5.75 Å². The Morgan fingerprint density at radius 3 is 2.67 bits per heavy atom. The van der Waals surface area contributed by atoms with Gasteiger partial charge in [-0.05, 0) is 50.5 Å². The van der Waals surface area contributed by atoms with E-state index in [1.807, 2.05) is 61.5 Å². The van der Waals surface area contributed by atoms with Gasteiger partial charge in [0.25, 0.3) is 5.56 Å². The minimum absolute atomic E-state index is 0.0809. The lowest BCUT2D eigenvalue weighted by Crippen LogP contribution is -2.25. The zero-order chi connectivity index (χ0) is 23.4. The molecule has 0 bridgehead atoms. The topological polar surface area (TPSA) is 59.7 Å². The zero-order valence-corrected chi connectivity index (χ0v) is 20.1. The Morgan fingerprint density at radius 2 is 1.94 bits per heavy atom. The minimum atomic E-state index is -0.119. The molecule has 0 amide bonds. The van der Waals surface area contributed by atoms with Crippen molar-refractivity contribution in [1.82, 2.24) is 9.66 Å². The SMILES string of the molecule is CC[C@@H](C)Oc1cc(N(C)C)ccc1C=Nn1c(C2CCCCC2)nc2ccccc2c1=O. The Bertz CT molecular complexity index is 1190. The third-order valence-electron chi connectivity index (χ3n) is 6.48. The summed E-state index contributed by atoms with van der Waals surface area (Å²) in [6.45, 7) is 4.16. The van der Waals surface area contributed by atoms with Gasteiger partial charge in [-0.1, -0.05) is 38.3 Å². The van der Waals surface area contributed by atoms with Crippen LogP contribution in [0.1, 0.15) is 69.7 Å². The molecule has 0 unspecified atom stereocenters. The summed E-state index contributed by atoms with van der Waals surface area (Å²) in [5.41, 5.74) is 2.52. The summed E-state index contributed by atoms with van der Waals surface area (Å²) in [5.74, 6) is 1.78. The summed E-state index contributed by atoms with van der Waals surface area (Å²) in [4.78, 5) is 20.4. The second-order valence-electron chi connectivity index (χ2n) is 9.14. The predicted molar refractivity (Wildman–Crippen MR) is 136 cm³/mol. The maximum absolute atomic E-state index is 13.4. The van der Waals surface area contributed by atoms with Gasteiger partial charge in [-0.3, -0.25) is 4.79 Å². The number of fused-ring (bicyclic) bond motifs is 1. The highest BCUT2D eigenvalue weighted by molar-refractivity contribution is 5.85. The summed E-state index contributed by atoms with van der Waals surface area (Å²) in [7, 11) is 4.01. The first-order chi connectivity index (χ1) is 16.0. The van der Waals surface area contributed by atoms with Gasteiger partial charge in [0.2, 0.25) is 0 Å². The van der Waals surface area contributed by atoms with Gasteiger partial charge in [-0.2, -0.15) is 9.78 Å². The molecule has 174 valence electrons. The van der Waals surface area contributed by atoms with E-state index >= 15 is 0 Å². The van der Waals surface area contributed by atoms with Crippen LogP contribution >= 0.6 is 0 Å². The minimum Gasteiger partial charge on any atom is -0.490 e. The monoisotopic (exact) mass is 446 g/mol. The number of benzene rings is 2. The van der Waals surface area contributed by atoms with Crippen LogP contribution in [-0.2, 0) is 0 Å².